The molecule has 4 nitrogen and oxygen atoms in total. The van der Waals surface area contributed by atoms with Crippen LogP contribution in [0.1, 0.15) is 13.3 Å². The molecule has 2 saturated heterocycles. The highest BCUT2D eigenvalue weighted by atomic mass is 15.3. The van der Waals surface area contributed by atoms with Gasteiger partial charge in [-0.15, -0.1) is 0 Å². The van der Waals surface area contributed by atoms with E-state index in [-0.39, 0.29) is 0 Å². The van der Waals surface area contributed by atoms with Crippen molar-refractivity contribution in [3.05, 3.63) is 0 Å². The molecular weight excluding hydrogens is 176 g/mol. The summed E-state index contributed by atoms with van der Waals surface area (Å²) in [5.41, 5.74) is 6.17. The summed E-state index contributed by atoms with van der Waals surface area (Å²) in [6, 6.07) is 1.51. The summed E-state index contributed by atoms with van der Waals surface area (Å²) in [4.78, 5) is 2.40. The van der Waals surface area contributed by atoms with Crippen molar-refractivity contribution in [3.63, 3.8) is 0 Å². The van der Waals surface area contributed by atoms with Crippen LogP contribution >= 0.6 is 0 Å². The minimum Gasteiger partial charge on any atom is -0.326 e. The number of hydrogen-bond donors (Lipinski definition) is 3. The normalized spacial score (nSPS) is 45.6. The van der Waals surface area contributed by atoms with Gasteiger partial charge in [0.2, 0.25) is 0 Å². The Balaban J connectivity index is 2.04. The van der Waals surface area contributed by atoms with Crippen molar-refractivity contribution in [1.82, 2.24) is 15.5 Å². The molecule has 0 spiro atoms. The molecular formula is C10H22N4. The van der Waals surface area contributed by atoms with E-state index in [1.54, 1.807) is 0 Å². The van der Waals surface area contributed by atoms with Crippen LogP contribution in [0.4, 0.5) is 0 Å². The largest absolute Gasteiger partial charge is 0.326 e. The second kappa shape index (κ2) is 4.14. The number of likely N-dealkylation sites (N-methyl/N-ethyl adjacent to an activating group) is 1. The minimum absolute atomic E-state index is 0.318. The zero-order chi connectivity index (χ0) is 10.1. The van der Waals surface area contributed by atoms with Gasteiger partial charge in [0.1, 0.15) is 0 Å². The van der Waals surface area contributed by atoms with Crippen LogP contribution in [0.2, 0.25) is 0 Å². The fourth-order valence-corrected chi connectivity index (χ4v) is 2.92. The lowest BCUT2D eigenvalue weighted by molar-refractivity contribution is 0.164. The first kappa shape index (κ1) is 10.4. The van der Waals surface area contributed by atoms with Crippen LogP contribution in [0, 0.1) is 5.92 Å². The van der Waals surface area contributed by atoms with Gasteiger partial charge in [-0.1, -0.05) is 0 Å². The lowest BCUT2D eigenvalue weighted by Gasteiger charge is -2.38. The first-order valence-corrected chi connectivity index (χ1v) is 5.60. The summed E-state index contributed by atoms with van der Waals surface area (Å²) in [6.45, 7) is 5.36. The Morgan fingerprint density at radius 2 is 2.21 bits per heavy atom. The van der Waals surface area contributed by atoms with Gasteiger partial charge in [-0.2, -0.15) is 0 Å². The monoisotopic (exact) mass is 198 g/mol. The van der Waals surface area contributed by atoms with Crippen LogP contribution in [0.25, 0.3) is 0 Å². The molecule has 2 aliphatic heterocycles. The molecule has 0 saturated carbocycles. The third-order valence-corrected chi connectivity index (χ3v) is 3.71. The molecule has 82 valence electrons. The molecule has 0 aromatic carbocycles. The summed E-state index contributed by atoms with van der Waals surface area (Å²) in [7, 11) is 2.19. The Kier molecular flexibility index (Phi) is 3.07. The second-order valence-corrected chi connectivity index (χ2v) is 4.72. The molecule has 0 aliphatic carbocycles. The fourth-order valence-electron chi connectivity index (χ4n) is 2.92. The highest BCUT2D eigenvalue weighted by Crippen LogP contribution is 2.24. The quantitative estimate of drug-likeness (QED) is 0.515. The summed E-state index contributed by atoms with van der Waals surface area (Å²) in [5, 5.41) is 6.84. The predicted octanol–water partition coefficient (Wildman–Crippen LogP) is -0.827. The van der Waals surface area contributed by atoms with Gasteiger partial charge in [0.25, 0.3) is 0 Å². The summed E-state index contributed by atoms with van der Waals surface area (Å²) in [5.74, 6) is 0.645. The van der Waals surface area contributed by atoms with Gasteiger partial charge < -0.3 is 16.4 Å². The molecule has 0 radical (unpaired) electrons. The van der Waals surface area contributed by atoms with E-state index in [9.17, 15) is 0 Å². The van der Waals surface area contributed by atoms with E-state index in [0.29, 0.717) is 24.0 Å². The van der Waals surface area contributed by atoms with E-state index in [4.69, 9.17) is 5.73 Å². The maximum atomic E-state index is 6.17. The Hall–Kier alpha value is -0.160. The molecule has 4 atom stereocenters. The number of nitrogens with one attached hydrogen (secondary N) is 2. The van der Waals surface area contributed by atoms with Crippen LogP contribution in [0.3, 0.4) is 0 Å². The molecule has 4 heteroatoms. The van der Waals surface area contributed by atoms with E-state index in [1.165, 1.54) is 6.42 Å². The molecule has 14 heavy (non-hydrogen) atoms. The number of hydrogen-bond acceptors (Lipinski definition) is 4. The molecule has 2 fully saturated rings. The smallest absolute Gasteiger partial charge is 0.0483 e. The first-order valence-electron chi connectivity index (χ1n) is 5.60. The third kappa shape index (κ3) is 1.80. The average Bonchev–Trinajstić information content (AvgIpc) is 2.48. The van der Waals surface area contributed by atoms with Crippen LogP contribution < -0.4 is 16.4 Å². The third-order valence-electron chi connectivity index (χ3n) is 3.71. The summed E-state index contributed by atoms with van der Waals surface area (Å²) >= 11 is 0. The van der Waals surface area contributed by atoms with E-state index >= 15 is 0 Å². The molecule has 4 N–H and O–H groups in total. The van der Waals surface area contributed by atoms with E-state index in [2.05, 4.69) is 29.5 Å². The van der Waals surface area contributed by atoms with Gasteiger partial charge in [0, 0.05) is 31.3 Å². The van der Waals surface area contributed by atoms with Gasteiger partial charge in [-0.3, -0.25) is 4.90 Å². The lowest BCUT2D eigenvalue weighted by Crippen LogP contribution is -2.55. The number of rotatable bonds is 1. The first-order chi connectivity index (χ1) is 6.70. The van der Waals surface area contributed by atoms with E-state index in [1.807, 2.05) is 0 Å². The van der Waals surface area contributed by atoms with E-state index < -0.39 is 0 Å². The van der Waals surface area contributed by atoms with Crippen molar-refractivity contribution in [2.24, 2.45) is 11.7 Å². The van der Waals surface area contributed by atoms with Crippen LogP contribution in [-0.4, -0.2) is 49.8 Å². The Morgan fingerprint density at radius 3 is 2.79 bits per heavy atom. The topological polar surface area (TPSA) is 53.3 Å². The molecule has 0 aromatic rings. The zero-order valence-electron chi connectivity index (χ0n) is 9.16. The van der Waals surface area contributed by atoms with Crippen molar-refractivity contribution < 1.29 is 0 Å². The molecule has 2 rings (SSSR count). The van der Waals surface area contributed by atoms with Crippen molar-refractivity contribution in [1.29, 1.82) is 0 Å². The highest BCUT2D eigenvalue weighted by molar-refractivity contribution is 4.97. The molecule has 0 bridgehead atoms. The molecule has 4 unspecified atom stereocenters. The average molecular weight is 198 g/mol. The number of nitrogens with zero attached hydrogens (tertiary/aromatic N) is 1. The maximum Gasteiger partial charge on any atom is 0.0483 e. The zero-order valence-corrected chi connectivity index (χ0v) is 9.16. The highest BCUT2D eigenvalue weighted by Gasteiger charge is 2.38. The Labute approximate surface area is 86.2 Å². The SMILES string of the molecule is CC1NCN(C)C1C1CCNCC1N. The standard InChI is InChI=1S/C10H22N4/c1-7-10(14(2)6-13-7)8-3-4-12-5-9(8)11/h7-10,12-13H,3-6,11H2,1-2H3. The van der Waals surface area contributed by atoms with E-state index in [0.717, 1.165) is 19.8 Å². The van der Waals surface area contributed by atoms with Crippen molar-refractivity contribution in [3.8, 4) is 0 Å². The minimum atomic E-state index is 0.318. The molecule has 0 amide bonds. The van der Waals surface area contributed by atoms with Gasteiger partial charge in [0.05, 0.1) is 0 Å². The Morgan fingerprint density at radius 1 is 1.43 bits per heavy atom. The maximum absolute atomic E-state index is 6.17. The van der Waals surface area contributed by atoms with Gasteiger partial charge >= 0.3 is 0 Å². The lowest BCUT2D eigenvalue weighted by atomic mass is 9.83. The molecule has 0 aromatic heterocycles. The fraction of sp³-hybridized carbons (Fsp3) is 1.00. The summed E-state index contributed by atoms with van der Waals surface area (Å²) in [6.07, 6.45) is 1.21. The van der Waals surface area contributed by atoms with Gasteiger partial charge in [-0.25, -0.2) is 0 Å². The number of piperidine rings is 1. The van der Waals surface area contributed by atoms with Crippen LogP contribution in [-0.2, 0) is 0 Å². The van der Waals surface area contributed by atoms with Gasteiger partial charge in [-0.05, 0) is 32.9 Å². The van der Waals surface area contributed by atoms with Gasteiger partial charge in [0.15, 0.2) is 0 Å². The Bertz CT molecular complexity index is 187. The van der Waals surface area contributed by atoms with Crippen molar-refractivity contribution in [2.75, 3.05) is 26.8 Å². The second-order valence-electron chi connectivity index (χ2n) is 4.72. The summed E-state index contributed by atoms with van der Waals surface area (Å²) < 4.78 is 0. The molecule has 2 heterocycles. The predicted molar refractivity (Wildman–Crippen MR) is 58.0 cm³/mol. The number of nitrogens with two attached hydrogens (primary N) is 1. The molecule has 2 aliphatic rings. The van der Waals surface area contributed by atoms with Crippen molar-refractivity contribution in [2.45, 2.75) is 31.5 Å². The van der Waals surface area contributed by atoms with Crippen LogP contribution in [0.5, 0.6) is 0 Å². The van der Waals surface area contributed by atoms with Crippen LogP contribution in [0.15, 0.2) is 0 Å². The van der Waals surface area contributed by atoms with Crippen molar-refractivity contribution >= 4 is 0 Å².